The Labute approximate surface area is 155 Å². The number of fused-ring (bicyclic) bond motifs is 1. The van der Waals surface area contributed by atoms with Crippen LogP contribution in [0.15, 0.2) is 58.5 Å². The van der Waals surface area contributed by atoms with Crippen LogP contribution in [0.2, 0.25) is 0 Å². The minimum Gasteiger partial charge on any atom is -0.318 e. The molecule has 0 aliphatic rings. The van der Waals surface area contributed by atoms with Gasteiger partial charge in [-0.1, -0.05) is 23.5 Å². The molecular formula is C17H18N4O3S2. The van der Waals surface area contributed by atoms with E-state index in [1.165, 1.54) is 49.7 Å². The molecule has 0 aliphatic heterocycles. The van der Waals surface area contributed by atoms with Gasteiger partial charge in [0.25, 0.3) is 5.91 Å². The number of rotatable bonds is 4. The van der Waals surface area contributed by atoms with Gasteiger partial charge in [0.05, 0.1) is 15.1 Å². The molecule has 7 nitrogen and oxygen atoms in total. The van der Waals surface area contributed by atoms with E-state index in [0.29, 0.717) is 10.4 Å². The SMILES string of the molecule is CN(C)S(=O)(=O)c1ccc(C(=O)N/N=c2/sc3ccccc3n2C)cc1. The van der Waals surface area contributed by atoms with Crippen molar-refractivity contribution in [3.8, 4) is 0 Å². The number of nitrogens with one attached hydrogen (secondary N) is 1. The molecule has 0 bridgehead atoms. The maximum absolute atomic E-state index is 12.3. The quantitative estimate of drug-likeness (QED) is 0.689. The fourth-order valence-electron chi connectivity index (χ4n) is 2.34. The Morgan fingerprint density at radius 2 is 1.77 bits per heavy atom. The Hall–Kier alpha value is -2.49. The van der Waals surface area contributed by atoms with Crippen molar-refractivity contribution in [3.63, 3.8) is 0 Å². The monoisotopic (exact) mass is 390 g/mol. The highest BCUT2D eigenvalue weighted by molar-refractivity contribution is 7.89. The Morgan fingerprint density at radius 1 is 1.12 bits per heavy atom. The van der Waals surface area contributed by atoms with Gasteiger partial charge in [-0.3, -0.25) is 4.79 Å². The molecule has 0 radical (unpaired) electrons. The fraction of sp³-hybridized carbons (Fsp3) is 0.176. The average Bonchev–Trinajstić information content (AvgIpc) is 2.96. The number of sulfonamides is 1. The Morgan fingerprint density at radius 3 is 2.38 bits per heavy atom. The van der Waals surface area contributed by atoms with Crippen LogP contribution in [0.1, 0.15) is 10.4 Å². The second kappa shape index (κ2) is 7.02. The standard InChI is InChI=1S/C17H18N4O3S2/c1-20(2)26(23,24)13-10-8-12(9-11-13)16(22)18-19-17-21(3)14-6-4-5-7-15(14)25-17/h4-11H,1-3H3,(H,18,22)/b19-17+. The van der Waals surface area contributed by atoms with E-state index in [4.69, 9.17) is 0 Å². The normalized spacial score (nSPS) is 12.7. The first kappa shape index (κ1) is 18.3. The molecule has 1 amide bonds. The van der Waals surface area contributed by atoms with Crippen LogP contribution in [-0.4, -0.2) is 37.3 Å². The van der Waals surface area contributed by atoms with Gasteiger partial charge in [0.2, 0.25) is 14.8 Å². The molecule has 26 heavy (non-hydrogen) atoms. The largest absolute Gasteiger partial charge is 0.318 e. The number of nitrogens with zero attached hydrogens (tertiary/aromatic N) is 3. The molecule has 0 saturated heterocycles. The van der Waals surface area contributed by atoms with E-state index in [1.807, 2.05) is 35.9 Å². The number of amides is 1. The van der Waals surface area contributed by atoms with Crippen LogP contribution in [0.5, 0.6) is 0 Å². The van der Waals surface area contributed by atoms with Crippen molar-refractivity contribution in [1.29, 1.82) is 0 Å². The molecule has 2 aromatic carbocycles. The van der Waals surface area contributed by atoms with Crippen LogP contribution in [-0.2, 0) is 17.1 Å². The molecule has 3 rings (SSSR count). The van der Waals surface area contributed by atoms with Crippen LogP contribution in [0, 0.1) is 0 Å². The molecule has 1 N–H and O–H groups in total. The zero-order chi connectivity index (χ0) is 18.9. The van der Waals surface area contributed by atoms with E-state index < -0.39 is 15.9 Å². The number of aryl methyl sites for hydroxylation is 1. The third-order valence-corrected chi connectivity index (χ3v) is 6.81. The van der Waals surface area contributed by atoms with Crippen molar-refractivity contribution in [2.75, 3.05) is 14.1 Å². The molecule has 3 aromatic rings. The Balaban J connectivity index is 1.83. The minimum atomic E-state index is -3.52. The van der Waals surface area contributed by atoms with E-state index in [9.17, 15) is 13.2 Å². The second-order valence-electron chi connectivity index (χ2n) is 5.78. The molecule has 0 unspecified atom stereocenters. The summed E-state index contributed by atoms with van der Waals surface area (Å²) in [7, 11) is 1.28. The second-order valence-corrected chi connectivity index (χ2v) is 8.94. The lowest BCUT2D eigenvalue weighted by atomic mass is 10.2. The first-order valence-corrected chi connectivity index (χ1v) is 9.97. The van der Waals surface area contributed by atoms with Gasteiger partial charge in [-0.05, 0) is 36.4 Å². The zero-order valence-electron chi connectivity index (χ0n) is 14.5. The number of carbonyl (C=O) groups is 1. The number of benzene rings is 2. The molecule has 0 saturated carbocycles. The van der Waals surface area contributed by atoms with Gasteiger partial charge in [0, 0.05) is 26.7 Å². The molecule has 0 fully saturated rings. The average molecular weight is 390 g/mol. The van der Waals surface area contributed by atoms with Crippen LogP contribution in [0.25, 0.3) is 10.2 Å². The third kappa shape index (κ3) is 3.41. The third-order valence-electron chi connectivity index (χ3n) is 3.86. The Bertz CT molecular complexity index is 1130. The van der Waals surface area contributed by atoms with Crippen molar-refractivity contribution < 1.29 is 13.2 Å². The summed E-state index contributed by atoms with van der Waals surface area (Å²) in [4.78, 5) is 13.1. The smallest absolute Gasteiger partial charge is 0.271 e. The maximum Gasteiger partial charge on any atom is 0.271 e. The summed E-state index contributed by atoms with van der Waals surface area (Å²) in [6.45, 7) is 0. The number of thiazole rings is 1. The number of hydrogen-bond acceptors (Lipinski definition) is 5. The molecule has 136 valence electrons. The summed E-state index contributed by atoms with van der Waals surface area (Å²) in [6.07, 6.45) is 0. The fourth-order valence-corrected chi connectivity index (χ4v) is 4.22. The summed E-state index contributed by atoms with van der Waals surface area (Å²) >= 11 is 1.47. The van der Waals surface area contributed by atoms with Gasteiger partial charge in [0.1, 0.15) is 0 Å². The van der Waals surface area contributed by atoms with Crippen molar-refractivity contribution in [2.45, 2.75) is 4.90 Å². The summed E-state index contributed by atoms with van der Waals surface area (Å²) in [6, 6.07) is 13.6. The highest BCUT2D eigenvalue weighted by Gasteiger charge is 2.17. The van der Waals surface area contributed by atoms with Crippen molar-refractivity contribution in [1.82, 2.24) is 14.3 Å². The Kier molecular flexibility index (Phi) is 4.94. The van der Waals surface area contributed by atoms with E-state index in [1.54, 1.807) is 0 Å². The highest BCUT2D eigenvalue weighted by atomic mass is 32.2. The molecule has 0 aliphatic carbocycles. The lowest BCUT2D eigenvalue weighted by Gasteiger charge is -2.11. The summed E-state index contributed by atoms with van der Waals surface area (Å²) in [5.41, 5.74) is 3.87. The first-order valence-electron chi connectivity index (χ1n) is 7.72. The number of para-hydroxylation sites is 1. The summed E-state index contributed by atoms with van der Waals surface area (Å²) in [5, 5.41) is 4.17. The number of hydrogen-bond donors (Lipinski definition) is 1. The predicted octanol–water partition coefficient (Wildman–Crippen LogP) is 1.74. The topological polar surface area (TPSA) is 83.8 Å². The summed E-state index contributed by atoms with van der Waals surface area (Å²) in [5.74, 6) is -0.406. The van der Waals surface area contributed by atoms with Gasteiger partial charge < -0.3 is 4.57 Å². The number of aromatic nitrogens is 1. The molecule has 0 atom stereocenters. The first-order chi connectivity index (χ1) is 12.3. The molecular weight excluding hydrogens is 372 g/mol. The zero-order valence-corrected chi connectivity index (χ0v) is 16.1. The molecule has 0 spiro atoms. The van der Waals surface area contributed by atoms with Crippen molar-refractivity contribution >= 4 is 37.5 Å². The maximum atomic E-state index is 12.3. The van der Waals surface area contributed by atoms with Crippen LogP contribution < -0.4 is 10.2 Å². The lowest BCUT2D eigenvalue weighted by molar-refractivity contribution is 0.0953. The van der Waals surface area contributed by atoms with Gasteiger partial charge in [0.15, 0.2) is 0 Å². The summed E-state index contributed by atoms with van der Waals surface area (Å²) < 4.78 is 28.2. The number of carbonyl (C=O) groups excluding carboxylic acids is 1. The van der Waals surface area contributed by atoms with E-state index in [2.05, 4.69) is 10.5 Å². The van der Waals surface area contributed by atoms with Crippen LogP contribution >= 0.6 is 11.3 Å². The van der Waals surface area contributed by atoms with Crippen molar-refractivity contribution in [3.05, 3.63) is 58.9 Å². The lowest BCUT2D eigenvalue weighted by Crippen LogP contribution is -2.24. The minimum absolute atomic E-state index is 0.131. The van der Waals surface area contributed by atoms with Crippen LogP contribution in [0.3, 0.4) is 0 Å². The van der Waals surface area contributed by atoms with E-state index in [-0.39, 0.29) is 4.90 Å². The van der Waals surface area contributed by atoms with Gasteiger partial charge in [-0.25, -0.2) is 18.1 Å². The van der Waals surface area contributed by atoms with E-state index in [0.717, 1.165) is 14.5 Å². The molecule has 9 heteroatoms. The predicted molar refractivity (Wildman–Crippen MR) is 101 cm³/mol. The van der Waals surface area contributed by atoms with Gasteiger partial charge in [-0.15, -0.1) is 5.10 Å². The highest BCUT2D eigenvalue weighted by Crippen LogP contribution is 2.15. The van der Waals surface area contributed by atoms with Gasteiger partial charge >= 0.3 is 0 Å². The van der Waals surface area contributed by atoms with Gasteiger partial charge in [-0.2, -0.15) is 0 Å². The molecule has 1 aromatic heterocycles. The van der Waals surface area contributed by atoms with E-state index >= 15 is 0 Å². The molecule has 1 heterocycles. The van der Waals surface area contributed by atoms with Crippen LogP contribution in [0.4, 0.5) is 0 Å². The van der Waals surface area contributed by atoms with Crippen molar-refractivity contribution in [2.24, 2.45) is 12.1 Å².